The SMILES string of the molecule is C#Cc1cccc2cccc(-c3ncc4c(N(C)C5CCN(C(=O)/C(F)=C/c6nccs6)CC5)nc(OC[C@@]56CCCN5C[C@H](F)C6)nc4c3F)c12. The fraction of sp³-hybridized carbons (Fsp3) is 0.359. The maximum atomic E-state index is 16.9. The summed E-state index contributed by atoms with van der Waals surface area (Å²) in [6.45, 7) is 1.98. The molecule has 0 aliphatic carbocycles. The Kier molecular flexibility index (Phi) is 9.05. The first-order valence-electron chi connectivity index (χ1n) is 17.4. The molecular weight excluding hydrogens is 688 g/mol. The first-order chi connectivity index (χ1) is 25.2. The van der Waals surface area contributed by atoms with Crippen LogP contribution in [0.1, 0.15) is 42.7 Å². The summed E-state index contributed by atoms with van der Waals surface area (Å²) in [5.41, 5.74) is 0.825. The van der Waals surface area contributed by atoms with Gasteiger partial charge in [-0.15, -0.1) is 17.8 Å². The lowest BCUT2D eigenvalue weighted by Gasteiger charge is -2.37. The molecule has 3 fully saturated rings. The number of alkyl halides is 1. The second-order valence-corrected chi connectivity index (χ2v) is 14.7. The number of halogens is 3. The van der Waals surface area contributed by atoms with Gasteiger partial charge in [-0.1, -0.05) is 36.3 Å². The number of carbonyl (C=O) groups is 1. The van der Waals surface area contributed by atoms with Crippen LogP contribution in [-0.4, -0.2) is 93.2 Å². The number of carbonyl (C=O) groups excluding carboxylic acids is 1. The number of nitrogens with zero attached hydrogens (tertiary/aromatic N) is 7. The summed E-state index contributed by atoms with van der Waals surface area (Å²) in [7, 11) is 1.86. The van der Waals surface area contributed by atoms with E-state index >= 15 is 4.39 Å². The molecule has 2 aromatic carbocycles. The topological polar surface area (TPSA) is 87.6 Å². The van der Waals surface area contributed by atoms with E-state index in [0.29, 0.717) is 71.6 Å². The van der Waals surface area contributed by atoms with Crippen LogP contribution in [0, 0.1) is 18.2 Å². The third kappa shape index (κ3) is 6.13. The van der Waals surface area contributed by atoms with Gasteiger partial charge >= 0.3 is 6.01 Å². The van der Waals surface area contributed by atoms with Gasteiger partial charge in [-0.25, -0.2) is 18.2 Å². The number of anilines is 1. The van der Waals surface area contributed by atoms with Crippen molar-refractivity contribution in [2.75, 3.05) is 44.7 Å². The van der Waals surface area contributed by atoms with E-state index in [1.807, 2.05) is 42.3 Å². The van der Waals surface area contributed by atoms with Gasteiger partial charge in [0.25, 0.3) is 5.91 Å². The first kappa shape index (κ1) is 34.0. The zero-order valence-electron chi connectivity index (χ0n) is 28.6. The summed E-state index contributed by atoms with van der Waals surface area (Å²) in [5, 5.41) is 4.09. The van der Waals surface area contributed by atoms with Crippen molar-refractivity contribution in [2.24, 2.45) is 0 Å². The molecular formula is C39H36F3N7O2S. The highest BCUT2D eigenvalue weighted by Crippen LogP contribution is 2.41. The van der Waals surface area contributed by atoms with E-state index in [9.17, 15) is 13.6 Å². The number of benzene rings is 2. The second-order valence-electron chi connectivity index (χ2n) is 13.7. The molecule has 52 heavy (non-hydrogen) atoms. The first-order valence-corrected chi connectivity index (χ1v) is 18.3. The van der Waals surface area contributed by atoms with Gasteiger partial charge in [0.05, 0.1) is 10.9 Å². The summed E-state index contributed by atoms with van der Waals surface area (Å²) in [5.74, 6) is 0.944. The molecule has 9 nitrogen and oxygen atoms in total. The van der Waals surface area contributed by atoms with Crippen molar-refractivity contribution in [3.05, 3.63) is 76.4 Å². The van der Waals surface area contributed by atoms with Crippen LogP contribution in [0.5, 0.6) is 6.01 Å². The molecule has 3 aliphatic heterocycles. The number of hydrogen-bond donors (Lipinski definition) is 0. The summed E-state index contributed by atoms with van der Waals surface area (Å²) in [6.07, 6.45) is 12.3. The monoisotopic (exact) mass is 723 g/mol. The maximum Gasteiger partial charge on any atom is 0.319 e. The van der Waals surface area contributed by atoms with Crippen LogP contribution in [0.3, 0.4) is 0 Å². The fourth-order valence-corrected chi connectivity index (χ4v) is 8.66. The van der Waals surface area contributed by atoms with Crippen LogP contribution in [0.2, 0.25) is 0 Å². The van der Waals surface area contributed by atoms with Gasteiger partial charge in [-0.2, -0.15) is 9.97 Å². The van der Waals surface area contributed by atoms with Crippen LogP contribution in [0.25, 0.3) is 39.0 Å². The molecule has 0 unspecified atom stereocenters. The molecule has 1 amide bonds. The smallest absolute Gasteiger partial charge is 0.319 e. The number of ether oxygens (including phenoxy) is 1. The summed E-state index contributed by atoms with van der Waals surface area (Å²) in [4.78, 5) is 36.5. The van der Waals surface area contributed by atoms with Crippen LogP contribution in [0.4, 0.5) is 19.0 Å². The molecule has 13 heteroatoms. The predicted octanol–water partition coefficient (Wildman–Crippen LogP) is 6.81. The largest absolute Gasteiger partial charge is 0.461 e. The highest BCUT2D eigenvalue weighted by atomic mass is 32.1. The molecule has 0 radical (unpaired) electrons. The normalized spacial score (nSPS) is 21.1. The van der Waals surface area contributed by atoms with Gasteiger partial charge in [-0.3, -0.25) is 14.7 Å². The van der Waals surface area contributed by atoms with Crippen LogP contribution in [-0.2, 0) is 4.79 Å². The van der Waals surface area contributed by atoms with Gasteiger partial charge in [0.1, 0.15) is 34.8 Å². The molecule has 266 valence electrons. The summed E-state index contributed by atoms with van der Waals surface area (Å²) in [6, 6.07) is 11.0. The average molecular weight is 724 g/mol. The van der Waals surface area contributed by atoms with Crippen molar-refractivity contribution < 1.29 is 22.7 Å². The molecule has 0 spiro atoms. The van der Waals surface area contributed by atoms with Gasteiger partial charge in [-0.05, 0) is 43.7 Å². The Morgan fingerprint density at radius 2 is 1.98 bits per heavy atom. The lowest BCUT2D eigenvalue weighted by Crippen LogP contribution is -2.46. The number of rotatable bonds is 8. The number of likely N-dealkylation sites (tertiary alicyclic amines) is 1. The van der Waals surface area contributed by atoms with E-state index in [-0.39, 0.29) is 29.9 Å². The Morgan fingerprint density at radius 3 is 2.75 bits per heavy atom. The van der Waals surface area contributed by atoms with Gasteiger partial charge < -0.3 is 14.5 Å². The molecule has 2 atom stereocenters. The summed E-state index contributed by atoms with van der Waals surface area (Å²) >= 11 is 1.25. The molecule has 3 saturated heterocycles. The fourth-order valence-electron chi connectivity index (χ4n) is 8.11. The Hall–Kier alpha value is -5.06. The van der Waals surface area contributed by atoms with E-state index in [1.165, 1.54) is 16.2 Å². The Bertz CT molecular complexity index is 2230. The minimum Gasteiger partial charge on any atom is -0.461 e. The van der Waals surface area contributed by atoms with E-state index in [2.05, 4.69) is 25.8 Å². The number of fused-ring (bicyclic) bond motifs is 3. The minimum atomic E-state index is -0.933. The van der Waals surface area contributed by atoms with Crippen molar-refractivity contribution in [1.29, 1.82) is 0 Å². The third-order valence-electron chi connectivity index (χ3n) is 10.7. The van der Waals surface area contributed by atoms with Gasteiger partial charge in [0.2, 0.25) is 0 Å². The second kappa shape index (κ2) is 13.8. The third-order valence-corrected chi connectivity index (χ3v) is 11.5. The highest BCUT2D eigenvalue weighted by Gasteiger charge is 2.49. The molecule has 0 bridgehead atoms. The number of aromatic nitrogens is 4. The number of piperidine rings is 1. The Labute approximate surface area is 303 Å². The molecule has 6 heterocycles. The zero-order chi connectivity index (χ0) is 36.0. The maximum absolute atomic E-state index is 16.9. The lowest BCUT2D eigenvalue weighted by molar-refractivity contribution is -0.129. The average Bonchev–Trinajstić information content (AvgIpc) is 3.89. The summed E-state index contributed by atoms with van der Waals surface area (Å²) < 4.78 is 52.6. The van der Waals surface area contributed by atoms with E-state index < -0.39 is 29.3 Å². The van der Waals surface area contributed by atoms with E-state index in [0.717, 1.165) is 30.8 Å². The molecule has 8 rings (SSSR count). The minimum absolute atomic E-state index is 0.0156. The van der Waals surface area contributed by atoms with E-state index in [1.54, 1.807) is 23.8 Å². The van der Waals surface area contributed by atoms with Crippen LogP contribution >= 0.6 is 11.3 Å². The molecule has 3 aliphatic rings. The zero-order valence-corrected chi connectivity index (χ0v) is 29.4. The molecule has 3 aromatic heterocycles. The van der Waals surface area contributed by atoms with Gasteiger partial charge in [0.15, 0.2) is 11.6 Å². The van der Waals surface area contributed by atoms with Crippen molar-refractivity contribution in [3.63, 3.8) is 0 Å². The Balaban J connectivity index is 1.14. The molecule has 5 aromatic rings. The quantitative estimate of drug-likeness (QED) is 0.128. The van der Waals surface area contributed by atoms with Crippen LogP contribution in [0.15, 0.2) is 60.0 Å². The van der Waals surface area contributed by atoms with Crippen molar-refractivity contribution in [2.45, 2.75) is 49.9 Å². The number of terminal acetylenes is 1. The van der Waals surface area contributed by atoms with Gasteiger partial charge in [0, 0.05) is 79.5 Å². The number of pyridine rings is 1. The standard InChI is InChI=1S/C39H36F3N7O2S/c1-3-24-7-4-8-25-9-5-10-28(32(24)25)34-33(42)35-29(21-44-34)36(46-38(45-35)51-23-39-13-6-15-49(39)22-26(40)20-39)47(2)27-11-16-48(17-12-27)37(50)30(41)19-31-43-14-18-52-31/h1,4-5,7-10,14,18-19,21,26-27H,6,11-13,15-17,20,22-23H2,2H3/b30-19-/t26-,39+/m1/s1. The highest BCUT2D eigenvalue weighted by molar-refractivity contribution is 7.10. The van der Waals surface area contributed by atoms with Crippen molar-refractivity contribution in [1.82, 2.24) is 29.7 Å². The number of amides is 1. The van der Waals surface area contributed by atoms with Crippen LogP contribution < -0.4 is 9.64 Å². The van der Waals surface area contributed by atoms with E-state index in [4.69, 9.17) is 16.1 Å². The van der Waals surface area contributed by atoms with Crippen molar-refractivity contribution in [3.8, 4) is 29.6 Å². The predicted molar refractivity (Wildman–Crippen MR) is 196 cm³/mol. The molecule has 0 N–H and O–H groups in total. The van der Waals surface area contributed by atoms with Crippen molar-refractivity contribution >= 4 is 50.8 Å². The number of hydrogen-bond acceptors (Lipinski definition) is 9. The lowest BCUT2D eigenvalue weighted by atomic mass is 9.95. The Morgan fingerprint density at radius 1 is 1.17 bits per heavy atom. The molecule has 0 saturated carbocycles. The number of thiazole rings is 1.